The van der Waals surface area contributed by atoms with Crippen LogP contribution in [0.4, 0.5) is 5.69 Å². The number of ether oxygens (including phenoxy) is 1. The zero-order valence-electron chi connectivity index (χ0n) is 20.4. The summed E-state index contributed by atoms with van der Waals surface area (Å²) >= 11 is 0. The van der Waals surface area contributed by atoms with Crippen LogP contribution in [0.1, 0.15) is 24.4 Å². The second kappa shape index (κ2) is 10.2. The number of nitrogens with zero attached hydrogens (tertiary/aromatic N) is 2. The zero-order valence-corrected chi connectivity index (χ0v) is 21.2. The van der Waals surface area contributed by atoms with E-state index in [0.717, 1.165) is 44.3 Å². The quantitative estimate of drug-likeness (QED) is 0.384. The predicted molar refractivity (Wildman–Crippen MR) is 144 cm³/mol. The molecular weight excluding hydrogens is 492 g/mol. The number of hydrogen-bond donors (Lipinski definition) is 2. The Kier molecular flexibility index (Phi) is 6.86. The molecule has 2 heterocycles. The van der Waals surface area contributed by atoms with Gasteiger partial charge in [-0.25, -0.2) is 13.2 Å². The van der Waals surface area contributed by atoms with E-state index in [9.17, 15) is 18.0 Å². The van der Waals surface area contributed by atoms with Crippen molar-refractivity contribution in [2.45, 2.75) is 25.4 Å². The van der Waals surface area contributed by atoms with Crippen LogP contribution in [-0.4, -0.2) is 42.2 Å². The summed E-state index contributed by atoms with van der Waals surface area (Å²) in [5, 5.41) is 0.536. The standard InChI is InChI=1S/C27H28N4O5S/c1-37(34,35)29-20-8-12-23(13-9-20)36-22-10-6-19(7-11-22)18-30-16-14-21(15-17-30)31-26(32)24-4-2-3-5-25(24)28-27(31)33/h2-13,21,29H,14-18H2,1H3,(H,28,33). The number of sulfonamides is 1. The van der Waals surface area contributed by atoms with Crippen LogP contribution < -0.4 is 20.7 Å². The summed E-state index contributed by atoms with van der Waals surface area (Å²) < 4.78 is 32.3. The Morgan fingerprint density at radius 1 is 0.919 bits per heavy atom. The van der Waals surface area contributed by atoms with E-state index in [4.69, 9.17) is 4.74 Å². The summed E-state index contributed by atoms with van der Waals surface area (Å²) in [6, 6.07) is 21.5. The smallest absolute Gasteiger partial charge is 0.329 e. The molecule has 1 aromatic heterocycles. The van der Waals surface area contributed by atoms with Gasteiger partial charge in [-0.3, -0.25) is 19.0 Å². The highest BCUT2D eigenvalue weighted by molar-refractivity contribution is 7.92. The first-order valence-electron chi connectivity index (χ1n) is 12.1. The summed E-state index contributed by atoms with van der Waals surface area (Å²) in [6.07, 6.45) is 2.56. The highest BCUT2D eigenvalue weighted by Gasteiger charge is 2.24. The minimum absolute atomic E-state index is 0.119. The van der Waals surface area contributed by atoms with Gasteiger partial charge >= 0.3 is 5.69 Å². The number of piperidine rings is 1. The van der Waals surface area contributed by atoms with E-state index in [-0.39, 0.29) is 17.3 Å². The Hall–Kier alpha value is -3.89. The van der Waals surface area contributed by atoms with Gasteiger partial charge in [-0.05, 0) is 66.9 Å². The van der Waals surface area contributed by atoms with E-state index in [1.165, 1.54) is 4.57 Å². The fraction of sp³-hybridized carbons (Fsp3) is 0.259. The van der Waals surface area contributed by atoms with Crippen LogP contribution in [0.2, 0.25) is 0 Å². The number of anilines is 1. The molecule has 37 heavy (non-hydrogen) atoms. The number of fused-ring (bicyclic) bond motifs is 1. The van der Waals surface area contributed by atoms with Crippen LogP contribution in [0.25, 0.3) is 10.9 Å². The van der Waals surface area contributed by atoms with Crippen molar-refractivity contribution in [2.75, 3.05) is 24.1 Å². The topological polar surface area (TPSA) is 114 Å². The molecule has 0 radical (unpaired) electrons. The molecule has 5 rings (SSSR count). The fourth-order valence-corrected chi connectivity index (χ4v) is 5.27. The molecule has 0 bridgehead atoms. The fourth-order valence-electron chi connectivity index (χ4n) is 4.71. The third-order valence-electron chi connectivity index (χ3n) is 6.48. The molecular formula is C27H28N4O5S. The zero-order chi connectivity index (χ0) is 26.0. The lowest BCUT2D eigenvalue weighted by molar-refractivity contribution is 0.176. The summed E-state index contributed by atoms with van der Waals surface area (Å²) in [7, 11) is -3.32. The van der Waals surface area contributed by atoms with Crippen molar-refractivity contribution >= 4 is 26.6 Å². The molecule has 1 aliphatic heterocycles. The van der Waals surface area contributed by atoms with Crippen molar-refractivity contribution in [2.24, 2.45) is 0 Å². The van der Waals surface area contributed by atoms with Gasteiger partial charge in [0.15, 0.2) is 0 Å². The lowest BCUT2D eigenvalue weighted by Crippen LogP contribution is -2.43. The summed E-state index contributed by atoms with van der Waals surface area (Å²) in [5.41, 5.74) is 1.61. The Morgan fingerprint density at radius 3 is 2.19 bits per heavy atom. The van der Waals surface area contributed by atoms with Crippen molar-refractivity contribution in [3.05, 3.63) is 99.2 Å². The normalized spacial score (nSPS) is 15.1. The van der Waals surface area contributed by atoms with Crippen molar-refractivity contribution in [3.63, 3.8) is 0 Å². The van der Waals surface area contributed by atoms with Gasteiger partial charge in [0.2, 0.25) is 10.0 Å². The van der Waals surface area contributed by atoms with E-state index in [0.29, 0.717) is 28.1 Å². The molecule has 0 spiro atoms. The predicted octanol–water partition coefficient (Wildman–Crippen LogP) is 3.69. The van der Waals surface area contributed by atoms with Gasteiger partial charge in [-0.15, -0.1) is 0 Å². The molecule has 9 nitrogen and oxygen atoms in total. The van der Waals surface area contributed by atoms with Gasteiger partial charge in [0.05, 0.1) is 17.2 Å². The van der Waals surface area contributed by atoms with Gasteiger partial charge in [0, 0.05) is 31.4 Å². The van der Waals surface area contributed by atoms with Crippen LogP contribution in [0.3, 0.4) is 0 Å². The number of para-hydroxylation sites is 1. The molecule has 1 aliphatic rings. The molecule has 3 aromatic carbocycles. The first kappa shape index (κ1) is 24.8. The highest BCUT2D eigenvalue weighted by Crippen LogP contribution is 2.25. The third kappa shape index (κ3) is 5.92. The van der Waals surface area contributed by atoms with Crippen LogP contribution in [0.5, 0.6) is 11.5 Å². The van der Waals surface area contributed by atoms with Gasteiger partial charge < -0.3 is 9.72 Å². The molecule has 1 saturated heterocycles. The Balaban J connectivity index is 1.17. The number of hydrogen-bond acceptors (Lipinski definition) is 6. The highest BCUT2D eigenvalue weighted by atomic mass is 32.2. The maximum absolute atomic E-state index is 12.9. The van der Waals surface area contributed by atoms with E-state index in [2.05, 4.69) is 14.6 Å². The molecule has 0 unspecified atom stereocenters. The van der Waals surface area contributed by atoms with Crippen molar-refractivity contribution < 1.29 is 13.2 Å². The number of nitrogens with one attached hydrogen (secondary N) is 2. The van der Waals surface area contributed by atoms with Crippen LogP contribution in [0.15, 0.2) is 82.4 Å². The van der Waals surface area contributed by atoms with Crippen molar-refractivity contribution in [3.8, 4) is 11.5 Å². The van der Waals surface area contributed by atoms with Gasteiger partial charge in [0.25, 0.3) is 5.56 Å². The molecule has 0 aliphatic carbocycles. The average Bonchev–Trinajstić information content (AvgIpc) is 2.87. The minimum atomic E-state index is -3.32. The maximum atomic E-state index is 12.9. The third-order valence-corrected chi connectivity index (χ3v) is 7.09. The molecule has 10 heteroatoms. The van der Waals surface area contributed by atoms with Gasteiger partial charge in [-0.2, -0.15) is 0 Å². The number of aromatic amines is 1. The summed E-state index contributed by atoms with van der Waals surface area (Å²) in [5.74, 6) is 1.29. The van der Waals surface area contributed by atoms with Crippen LogP contribution >= 0.6 is 0 Å². The van der Waals surface area contributed by atoms with E-state index < -0.39 is 10.0 Å². The molecule has 0 amide bonds. The molecule has 0 saturated carbocycles. The molecule has 192 valence electrons. The Bertz CT molecular complexity index is 1620. The summed E-state index contributed by atoms with van der Waals surface area (Å²) in [4.78, 5) is 30.7. The number of benzene rings is 3. The average molecular weight is 521 g/mol. The SMILES string of the molecule is CS(=O)(=O)Nc1ccc(Oc2ccc(CN3CCC(n4c(=O)[nH]c5ccccc5c4=O)CC3)cc2)cc1. The van der Waals surface area contributed by atoms with Gasteiger partial charge in [0.1, 0.15) is 11.5 Å². The van der Waals surface area contributed by atoms with Crippen molar-refractivity contribution in [1.29, 1.82) is 0 Å². The number of H-pyrrole nitrogens is 1. The molecule has 4 aromatic rings. The minimum Gasteiger partial charge on any atom is -0.457 e. The Labute approximate surface area is 214 Å². The van der Waals surface area contributed by atoms with Gasteiger partial charge in [-0.1, -0.05) is 24.3 Å². The second-order valence-electron chi connectivity index (χ2n) is 9.30. The largest absolute Gasteiger partial charge is 0.457 e. The number of aromatic nitrogens is 2. The lowest BCUT2D eigenvalue weighted by atomic mass is 10.0. The summed E-state index contributed by atoms with van der Waals surface area (Å²) in [6.45, 7) is 2.34. The molecule has 1 fully saturated rings. The van der Waals surface area contributed by atoms with Crippen LogP contribution in [0, 0.1) is 0 Å². The molecule has 0 atom stereocenters. The Morgan fingerprint density at radius 2 is 1.54 bits per heavy atom. The monoisotopic (exact) mass is 520 g/mol. The molecule has 2 N–H and O–H groups in total. The first-order chi connectivity index (χ1) is 17.7. The lowest BCUT2D eigenvalue weighted by Gasteiger charge is -2.32. The maximum Gasteiger partial charge on any atom is 0.329 e. The van der Waals surface area contributed by atoms with E-state index in [1.54, 1.807) is 48.5 Å². The first-order valence-corrected chi connectivity index (χ1v) is 13.9. The second-order valence-corrected chi connectivity index (χ2v) is 11.1. The number of rotatable bonds is 7. The van der Waals surface area contributed by atoms with Crippen LogP contribution in [-0.2, 0) is 16.6 Å². The van der Waals surface area contributed by atoms with E-state index >= 15 is 0 Å². The van der Waals surface area contributed by atoms with Crippen molar-refractivity contribution in [1.82, 2.24) is 14.5 Å². The van der Waals surface area contributed by atoms with E-state index in [1.807, 2.05) is 24.3 Å². The number of likely N-dealkylation sites (tertiary alicyclic amines) is 1.